The van der Waals surface area contributed by atoms with E-state index >= 15 is 0 Å². The van der Waals surface area contributed by atoms with Gasteiger partial charge < -0.3 is 4.74 Å². The monoisotopic (exact) mass is 267 g/mol. The molecule has 0 unspecified atom stereocenters. The summed E-state index contributed by atoms with van der Waals surface area (Å²) >= 11 is 0. The van der Waals surface area contributed by atoms with Crippen molar-refractivity contribution in [2.45, 2.75) is 71.9 Å². The third-order valence-electron chi connectivity index (χ3n) is 5.12. The van der Waals surface area contributed by atoms with E-state index in [1.807, 2.05) is 0 Å². The zero-order valence-corrected chi connectivity index (χ0v) is 13.1. The Labute approximate surface area is 117 Å². The van der Waals surface area contributed by atoms with Crippen LogP contribution < -0.4 is 5.32 Å². The van der Waals surface area contributed by atoms with Crippen molar-refractivity contribution in [3.05, 3.63) is 0 Å². The van der Waals surface area contributed by atoms with Crippen molar-refractivity contribution in [1.29, 1.82) is 0 Å². The summed E-state index contributed by atoms with van der Waals surface area (Å²) in [5.41, 5.74) is -0.0490. The molecule has 1 spiro atoms. The Kier molecular flexibility index (Phi) is 3.97. The molecule has 0 radical (unpaired) electrons. The maximum absolute atomic E-state index is 12.2. The van der Waals surface area contributed by atoms with Crippen LogP contribution in [0.1, 0.15) is 60.3 Å². The first-order valence-electron chi connectivity index (χ1n) is 7.69. The highest BCUT2D eigenvalue weighted by molar-refractivity contribution is 5.81. The Morgan fingerprint density at radius 1 is 1.26 bits per heavy atom. The van der Waals surface area contributed by atoms with Gasteiger partial charge in [0.05, 0.1) is 0 Å². The summed E-state index contributed by atoms with van der Waals surface area (Å²) in [5.74, 6) is 1.20. The van der Waals surface area contributed by atoms with Crippen molar-refractivity contribution in [3.8, 4) is 0 Å². The van der Waals surface area contributed by atoms with Gasteiger partial charge in [0.15, 0.2) is 0 Å². The smallest absolute Gasteiger partial charge is 0.326 e. The lowest BCUT2D eigenvalue weighted by Crippen LogP contribution is -2.64. The molecule has 3 nitrogen and oxygen atoms in total. The van der Waals surface area contributed by atoms with Gasteiger partial charge in [0, 0.05) is 6.04 Å². The summed E-state index contributed by atoms with van der Waals surface area (Å²) in [4.78, 5) is 12.2. The topological polar surface area (TPSA) is 38.3 Å². The Morgan fingerprint density at radius 2 is 1.84 bits per heavy atom. The molecule has 2 rings (SSSR count). The van der Waals surface area contributed by atoms with E-state index in [-0.39, 0.29) is 5.97 Å². The standard InChI is InChI=1S/C16H29NO2/c1-11(2)13-10-19-14(18)16(17-13)8-6-12(7-9-16)15(3,4)5/h11-13,17H,6-10H2,1-5H3/t12?,13-,16?/m1/s1. The average molecular weight is 267 g/mol. The first-order chi connectivity index (χ1) is 8.74. The molecule has 1 saturated heterocycles. The van der Waals surface area contributed by atoms with Gasteiger partial charge in [-0.25, -0.2) is 0 Å². The number of cyclic esters (lactones) is 1. The van der Waals surface area contributed by atoms with Gasteiger partial charge in [0.2, 0.25) is 0 Å². The number of morpholine rings is 1. The van der Waals surface area contributed by atoms with Crippen LogP contribution in [0.15, 0.2) is 0 Å². The fourth-order valence-electron chi connectivity index (χ4n) is 3.44. The van der Waals surface area contributed by atoms with Crippen LogP contribution in [0.25, 0.3) is 0 Å². The Hall–Kier alpha value is -0.570. The molecule has 2 aliphatic rings. The minimum Gasteiger partial charge on any atom is -0.463 e. The molecule has 1 N–H and O–H groups in total. The molecule has 1 heterocycles. The van der Waals surface area contributed by atoms with E-state index in [1.165, 1.54) is 0 Å². The van der Waals surface area contributed by atoms with Crippen LogP contribution >= 0.6 is 0 Å². The van der Waals surface area contributed by atoms with E-state index in [2.05, 4.69) is 39.9 Å². The maximum Gasteiger partial charge on any atom is 0.326 e. The second-order valence-corrected chi connectivity index (χ2v) is 7.82. The van der Waals surface area contributed by atoms with E-state index in [4.69, 9.17) is 4.74 Å². The van der Waals surface area contributed by atoms with Crippen LogP contribution in [-0.2, 0) is 9.53 Å². The molecule has 110 valence electrons. The Morgan fingerprint density at radius 3 is 2.32 bits per heavy atom. The van der Waals surface area contributed by atoms with Crippen LogP contribution in [0, 0.1) is 17.3 Å². The highest BCUT2D eigenvalue weighted by Gasteiger charge is 2.48. The summed E-state index contributed by atoms with van der Waals surface area (Å²) in [6.07, 6.45) is 4.10. The number of carbonyl (C=O) groups excluding carboxylic acids is 1. The van der Waals surface area contributed by atoms with Gasteiger partial charge in [-0.1, -0.05) is 34.6 Å². The third-order valence-corrected chi connectivity index (χ3v) is 5.12. The average Bonchev–Trinajstić information content (AvgIpc) is 2.32. The van der Waals surface area contributed by atoms with Gasteiger partial charge in [-0.2, -0.15) is 0 Å². The summed E-state index contributed by atoms with van der Waals surface area (Å²) in [7, 11) is 0. The molecule has 1 aliphatic heterocycles. The van der Waals surface area contributed by atoms with Crippen molar-refractivity contribution in [3.63, 3.8) is 0 Å². The number of esters is 1. The number of rotatable bonds is 1. The second kappa shape index (κ2) is 5.08. The van der Waals surface area contributed by atoms with Gasteiger partial charge in [-0.15, -0.1) is 0 Å². The summed E-state index contributed by atoms with van der Waals surface area (Å²) in [5, 5.41) is 3.62. The van der Waals surface area contributed by atoms with E-state index in [1.54, 1.807) is 0 Å². The molecule has 1 saturated carbocycles. The normalized spacial score (nSPS) is 36.6. The number of hydrogen-bond acceptors (Lipinski definition) is 3. The first kappa shape index (κ1) is 14.8. The predicted octanol–water partition coefficient (Wildman–Crippen LogP) is 3.13. The minimum absolute atomic E-state index is 0.0169. The first-order valence-corrected chi connectivity index (χ1v) is 7.69. The molecule has 2 fully saturated rings. The highest BCUT2D eigenvalue weighted by atomic mass is 16.5. The van der Waals surface area contributed by atoms with E-state index in [9.17, 15) is 4.79 Å². The van der Waals surface area contributed by atoms with Crippen molar-refractivity contribution in [2.24, 2.45) is 17.3 Å². The number of nitrogens with one attached hydrogen (secondary N) is 1. The molecule has 0 amide bonds. The molecule has 0 aromatic carbocycles. The quantitative estimate of drug-likeness (QED) is 0.742. The number of hydrogen-bond donors (Lipinski definition) is 1. The van der Waals surface area contributed by atoms with Gasteiger partial charge in [0.25, 0.3) is 0 Å². The Balaban J connectivity index is 2.05. The van der Waals surface area contributed by atoms with Crippen molar-refractivity contribution >= 4 is 5.97 Å². The van der Waals surface area contributed by atoms with Gasteiger partial charge in [-0.05, 0) is 42.9 Å². The zero-order valence-electron chi connectivity index (χ0n) is 13.1. The molecule has 19 heavy (non-hydrogen) atoms. The predicted molar refractivity (Wildman–Crippen MR) is 76.9 cm³/mol. The van der Waals surface area contributed by atoms with Gasteiger partial charge in [-0.3, -0.25) is 10.1 Å². The molecular formula is C16H29NO2. The number of carbonyl (C=O) groups is 1. The summed E-state index contributed by atoms with van der Waals surface area (Å²) < 4.78 is 5.46. The Bertz CT molecular complexity index is 335. The molecule has 3 heteroatoms. The second-order valence-electron chi connectivity index (χ2n) is 7.82. The molecule has 1 aliphatic carbocycles. The lowest BCUT2D eigenvalue weighted by molar-refractivity contribution is -0.163. The van der Waals surface area contributed by atoms with Crippen LogP contribution in [-0.4, -0.2) is 24.2 Å². The van der Waals surface area contributed by atoms with E-state index in [0.717, 1.165) is 25.7 Å². The SMILES string of the molecule is CC(C)[C@H]1COC(=O)C2(CCC(C(C)(C)C)CC2)N1. The van der Waals surface area contributed by atoms with Crippen LogP contribution in [0.3, 0.4) is 0 Å². The molecule has 0 bridgehead atoms. The molecule has 1 atom stereocenters. The van der Waals surface area contributed by atoms with Crippen LogP contribution in [0.4, 0.5) is 0 Å². The van der Waals surface area contributed by atoms with Crippen molar-refractivity contribution in [2.75, 3.05) is 6.61 Å². The van der Waals surface area contributed by atoms with Crippen molar-refractivity contribution < 1.29 is 9.53 Å². The lowest BCUT2D eigenvalue weighted by atomic mass is 9.67. The fourth-order valence-corrected chi connectivity index (χ4v) is 3.44. The summed E-state index contributed by atoms with van der Waals surface area (Å²) in [6, 6.07) is 0.309. The lowest BCUT2D eigenvalue weighted by Gasteiger charge is -2.47. The minimum atomic E-state index is -0.394. The maximum atomic E-state index is 12.2. The fraction of sp³-hybridized carbons (Fsp3) is 0.938. The van der Waals surface area contributed by atoms with Crippen molar-refractivity contribution in [1.82, 2.24) is 5.32 Å². The zero-order chi connectivity index (χ0) is 14.3. The van der Waals surface area contributed by atoms with Crippen LogP contribution in [0.2, 0.25) is 0 Å². The van der Waals surface area contributed by atoms with Gasteiger partial charge >= 0.3 is 5.97 Å². The third kappa shape index (κ3) is 2.96. The van der Waals surface area contributed by atoms with E-state index in [0.29, 0.717) is 29.9 Å². The molecular weight excluding hydrogens is 238 g/mol. The van der Waals surface area contributed by atoms with Crippen LogP contribution in [0.5, 0.6) is 0 Å². The van der Waals surface area contributed by atoms with Gasteiger partial charge in [0.1, 0.15) is 12.1 Å². The molecule has 0 aromatic rings. The number of ether oxygens (including phenoxy) is 1. The highest BCUT2D eigenvalue weighted by Crippen LogP contribution is 2.43. The van der Waals surface area contributed by atoms with E-state index < -0.39 is 5.54 Å². The summed E-state index contributed by atoms with van der Waals surface area (Å²) in [6.45, 7) is 11.8. The molecule has 0 aromatic heterocycles. The largest absolute Gasteiger partial charge is 0.463 e.